The van der Waals surface area contributed by atoms with E-state index in [2.05, 4.69) is 17.5 Å². The van der Waals surface area contributed by atoms with Gasteiger partial charge < -0.3 is 5.32 Å². The summed E-state index contributed by atoms with van der Waals surface area (Å²) >= 11 is 0. The molecule has 0 radical (unpaired) electrons. The van der Waals surface area contributed by atoms with Crippen LogP contribution in [0.2, 0.25) is 0 Å². The van der Waals surface area contributed by atoms with Crippen LogP contribution in [0.15, 0.2) is 66.7 Å². The van der Waals surface area contributed by atoms with Crippen molar-refractivity contribution in [3.05, 3.63) is 72.3 Å². The standard InChI is InChI=1S/C24H22N2O3/c27-20(12-9-15-5-2-1-3-6-15)25-18-7-4-8-19(14-18)26-23(28)21-16-10-11-17(13-16)22(21)24(26)29/h1-8,10-11,14,16-17,21-22H,9,12-13H2,(H,25,27)/t16-,17-,21-,22-/m0/s1. The number of imide groups is 1. The van der Waals surface area contributed by atoms with Gasteiger partial charge >= 0.3 is 0 Å². The number of aryl methyl sites for hydroxylation is 1. The molecular weight excluding hydrogens is 364 g/mol. The highest BCUT2D eigenvalue weighted by atomic mass is 16.2. The van der Waals surface area contributed by atoms with Crippen molar-refractivity contribution in [2.75, 3.05) is 10.2 Å². The Labute approximate surface area is 169 Å². The quantitative estimate of drug-likeness (QED) is 0.631. The molecule has 5 heteroatoms. The molecule has 0 spiro atoms. The van der Waals surface area contributed by atoms with Crippen molar-refractivity contribution in [1.29, 1.82) is 0 Å². The van der Waals surface area contributed by atoms with Crippen LogP contribution in [0.5, 0.6) is 0 Å². The summed E-state index contributed by atoms with van der Waals surface area (Å²) in [5.74, 6) is -0.374. The Morgan fingerprint density at radius 2 is 1.62 bits per heavy atom. The Balaban J connectivity index is 1.28. The van der Waals surface area contributed by atoms with E-state index in [0.29, 0.717) is 24.2 Å². The predicted molar refractivity (Wildman–Crippen MR) is 110 cm³/mol. The van der Waals surface area contributed by atoms with Gasteiger partial charge in [0.1, 0.15) is 0 Å². The van der Waals surface area contributed by atoms with Crippen LogP contribution in [0.25, 0.3) is 0 Å². The van der Waals surface area contributed by atoms with E-state index in [-0.39, 0.29) is 41.4 Å². The SMILES string of the molecule is O=C(CCc1ccccc1)Nc1cccc(N2C(=O)[C@@H]3[C@@H](C2=O)[C@H]2C=C[C@H]3C2)c1. The molecule has 2 aromatic rings. The first-order valence-electron chi connectivity index (χ1n) is 10.1. The van der Waals surface area contributed by atoms with Gasteiger partial charge in [-0.3, -0.25) is 14.4 Å². The summed E-state index contributed by atoms with van der Waals surface area (Å²) < 4.78 is 0. The number of hydrogen-bond donors (Lipinski definition) is 1. The van der Waals surface area contributed by atoms with E-state index in [1.165, 1.54) is 4.90 Å². The number of amides is 3. The molecule has 4 atom stereocenters. The highest BCUT2D eigenvalue weighted by Gasteiger charge is 2.59. The molecule has 146 valence electrons. The summed E-state index contributed by atoms with van der Waals surface area (Å²) in [4.78, 5) is 39.6. The van der Waals surface area contributed by atoms with Crippen molar-refractivity contribution in [2.24, 2.45) is 23.7 Å². The van der Waals surface area contributed by atoms with Gasteiger partial charge in [0.05, 0.1) is 17.5 Å². The third-order valence-corrected chi connectivity index (χ3v) is 6.34. The van der Waals surface area contributed by atoms with E-state index < -0.39 is 0 Å². The monoisotopic (exact) mass is 386 g/mol. The lowest BCUT2D eigenvalue weighted by atomic mass is 9.85. The molecule has 5 nitrogen and oxygen atoms in total. The molecule has 0 unspecified atom stereocenters. The molecule has 1 saturated heterocycles. The molecule has 1 N–H and O–H groups in total. The summed E-state index contributed by atoms with van der Waals surface area (Å²) in [6.45, 7) is 0. The zero-order valence-electron chi connectivity index (χ0n) is 16.0. The fraction of sp³-hybridized carbons (Fsp3) is 0.292. The van der Waals surface area contributed by atoms with E-state index >= 15 is 0 Å². The summed E-state index contributed by atoms with van der Waals surface area (Å²) in [5.41, 5.74) is 2.24. The van der Waals surface area contributed by atoms with E-state index in [0.717, 1.165) is 12.0 Å². The van der Waals surface area contributed by atoms with Crippen LogP contribution in [0, 0.1) is 23.7 Å². The van der Waals surface area contributed by atoms with Crippen molar-refractivity contribution in [3.63, 3.8) is 0 Å². The lowest BCUT2D eigenvalue weighted by Crippen LogP contribution is -2.32. The van der Waals surface area contributed by atoms with Crippen molar-refractivity contribution >= 4 is 29.1 Å². The molecule has 5 rings (SSSR count). The van der Waals surface area contributed by atoms with Gasteiger partial charge in [0.2, 0.25) is 17.7 Å². The van der Waals surface area contributed by atoms with Gasteiger partial charge in [-0.15, -0.1) is 0 Å². The van der Waals surface area contributed by atoms with Crippen LogP contribution < -0.4 is 10.2 Å². The molecule has 2 fully saturated rings. The van der Waals surface area contributed by atoms with Crippen molar-refractivity contribution in [1.82, 2.24) is 0 Å². The van der Waals surface area contributed by atoms with Gasteiger partial charge in [0, 0.05) is 12.1 Å². The summed E-state index contributed by atoms with van der Waals surface area (Å²) in [6, 6.07) is 16.9. The molecular formula is C24H22N2O3. The number of hydrogen-bond acceptors (Lipinski definition) is 3. The smallest absolute Gasteiger partial charge is 0.238 e. The van der Waals surface area contributed by atoms with Gasteiger partial charge in [-0.1, -0.05) is 48.6 Å². The lowest BCUT2D eigenvalue weighted by molar-refractivity contribution is -0.123. The highest BCUT2D eigenvalue weighted by Crippen LogP contribution is 2.53. The van der Waals surface area contributed by atoms with Crippen molar-refractivity contribution in [3.8, 4) is 0 Å². The molecule has 29 heavy (non-hydrogen) atoms. The van der Waals surface area contributed by atoms with Crippen molar-refractivity contribution < 1.29 is 14.4 Å². The van der Waals surface area contributed by atoms with E-state index in [4.69, 9.17) is 0 Å². The number of benzene rings is 2. The Hall–Kier alpha value is -3.21. The second kappa shape index (κ2) is 6.99. The Bertz CT molecular complexity index is 984. The minimum absolute atomic E-state index is 0.0933. The van der Waals surface area contributed by atoms with Gasteiger partial charge in [0.25, 0.3) is 0 Å². The second-order valence-electron chi connectivity index (χ2n) is 8.10. The number of carbonyl (C=O) groups is 3. The largest absolute Gasteiger partial charge is 0.326 e. The summed E-state index contributed by atoms with van der Waals surface area (Å²) in [5, 5.41) is 2.89. The average Bonchev–Trinajstić information content (AvgIpc) is 3.41. The first-order chi connectivity index (χ1) is 14.1. The summed E-state index contributed by atoms with van der Waals surface area (Å²) in [7, 11) is 0. The first-order valence-corrected chi connectivity index (χ1v) is 10.1. The first kappa shape index (κ1) is 17.9. The fourth-order valence-electron chi connectivity index (χ4n) is 5.01. The van der Waals surface area contributed by atoms with Crippen LogP contribution in [-0.4, -0.2) is 17.7 Å². The fourth-order valence-corrected chi connectivity index (χ4v) is 5.01. The average molecular weight is 386 g/mol. The molecule has 3 aliphatic rings. The maximum absolute atomic E-state index is 13.0. The predicted octanol–water partition coefficient (Wildman–Crippen LogP) is 3.57. The number of carbonyl (C=O) groups excluding carboxylic acids is 3. The third-order valence-electron chi connectivity index (χ3n) is 6.34. The zero-order chi connectivity index (χ0) is 20.0. The van der Waals surface area contributed by atoms with Crippen molar-refractivity contribution in [2.45, 2.75) is 19.3 Å². The maximum Gasteiger partial charge on any atom is 0.238 e. The van der Waals surface area contributed by atoms with Gasteiger partial charge in [0.15, 0.2) is 0 Å². The number of nitrogens with zero attached hydrogens (tertiary/aromatic N) is 1. The van der Waals surface area contributed by atoms with Crippen LogP contribution in [0.3, 0.4) is 0 Å². The summed E-state index contributed by atoms with van der Waals surface area (Å²) in [6.07, 6.45) is 6.12. The Morgan fingerprint density at radius 3 is 2.31 bits per heavy atom. The molecule has 2 aromatic carbocycles. The number of allylic oxidation sites excluding steroid dienone is 2. The molecule has 3 amide bonds. The second-order valence-corrected chi connectivity index (χ2v) is 8.10. The van der Waals surface area contributed by atoms with Crippen LogP contribution in [0.4, 0.5) is 11.4 Å². The topological polar surface area (TPSA) is 66.5 Å². The molecule has 1 saturated carbocycles. The number of nitrogens with one attached hydrogen (secondary N) is 1. The van der Waals surface area contributed by atoms with Gasteiger partial charge in [-0.25, -0.2) is 4.90 Å². The van der Waals surface area contributed by atoms with Crippen LogP contribution in [-0.2, 0) is 20.8 Å². The van der Waals surface area contributed by atoms with Gasteiger partial charge in [-0.2, -0.15) is 0 Å². The minimum Gasteiger partial charge on any atom is -0.326 e. The molecule has 0 aromatic heterocycles. The van der Waals surface area contributed by atoms with E-state index in [1.807, 2.05) is 30.3 Å². The number of fused-ring (bicyclic) bond motifs is 5. The molecule has 2 aliphatic carbocycles. The highest BCUT2D eigenvalue weighted by molar-refractivity contribution is 6.23. The van der Waals surface area contributed by atoms with Gasteiger partial charge in [-0.05, 0) is 48.4 Å². The van der Waals surface area contributed by atoms with E-state index in [1.54, 1.807) is 24.3 Å². The third kappa shape index (κ3) is 3.07. The zero-order valence-corrected chi connectivity index (χ0v) is 16.0. The molecule has 2 bridgehead atoms. The van der Waals surface area contributed by atoms with E-state index in [9.17, 15) is 14.4 Å². The molecule has 1 heterocycles. The van der Waals surface area contributed by atoms with Crippen LogP contribution >= 0.6 is 0 Å². The Kier molecular flexibility index (Phi) is 4.31. The molecule has 1 aliphatic heterocycles. The lowest BCUT2D eigenvalue weighted by Gasteiger charge is -2.18. The van der Waals surface area contributed by atoms with Crippen LogP contribution in [0.1, 0.15) is 18.4 Å². The normalized spacial score (nSPS) is 26.8. The maximum atomic E-state index is 13.0. The number of anilines is 2. The number of rotatable bonds is 5. The minimum atomic E-state index is -0.221. The Morgan fingerprint density at radius 1 is 0.931 bits per heavy atom.